The molecule has 0 saturated carbocycles. The average Bonchev–Trinajstić information content (AvgIpc) is 2.83. The summed E-state index contributed by atoms with van der Waals surface area (Å²) in [6, 6.07) is 20.1. The van der Waals surface area contributed by atoms with Gasteiger partial charge in [-0.3, -0.25) is 4.79 Å². The summed E-state index contributed by atoms with van der Waals surface area (Å²) < 4.78 is 0. The molecule has 4 rings (SSSR count). The molecule has 0 radical (unpaired) electrons. The monoisotopic (exact) mass is 423 g/mol. The van der Waals surface area contributed by atoms with E-state index in [0.29, 0.717) is 22.8 Å². The van der Waals surface area contributed by atoms with Gasteiger partial charge in [-0.15, -0.1) is 0 Å². The van der Waals surface area contributed by atoms with Gasteiger partial charge in [-0.1, -0.05) is 53.7 Å². The van der Waals surface area contributed by atoms with Crippen LogP contribution in [0.25, 0.3) is 0 Å². The minimum Gasteiger partial charge on any atom is -0.334 e. The number of benzene rings is 3. The highest BCUT2D eigenvalue weighted by Crippen LogP contribution is 2.41. The van der Waals surface area contributed by atoms with Gasteiger partial charge in [0.2, 0.25) is 0 Å². The van der Waals surface area contributed by atoms with Gasteiger partial charge in [-0.25, -0.2) is 4.79 Å². The first-order valence-electron chi connectivity index (χ1n) is 9.00. The molecule has 146 valence electrons. The maximum absolute atomic E-state index is 12.8. The van der Waals surface area contributed by atoms with Crippen molar-refractivity contribution in [1.82, 2.24) is 5.32 Å². The number of amides is 3. The van der Waals surface area contributed by atoms with E-state index in [-0.39, 0.29) is 11.9 Å². The first kappa shape index (κ1) is 19.4. The third-order valence-electron chi connectivity index (χ3n) is 4.62. The van der Waals surface area contributed by atoms with E-state index >= 15 is 0 Å². The summed E-state index contributed by atoms with van der Waals surface area (Å²) in [6.07, 6.45) is 0. The molecule has 7 heteroatoms. The summed E-state index contributed by atoms with van der Waals surface area (Å²) >= 11 is 7.66. The Kier molecular flexibility index (Phi) is 5.47. The molecule has 0 spiro atoms. The SMILES string of the molecule is CN1C(=O)c2ccccc2Sc2ccc(NC(=O)NCc3ccccc3Cl)cc21. The number of carbonyl (C=O) groups is 2. The number of halogens is 1. The summed E-state index contributed by atoms with van der Waals surface area (Å²) in [5.74, 6) is -0.0767. The Hall–Kier alpha value is -2.96. The van der Waals surface area contributed by atoms with E-state index < -0.39 is 0 Å². The molecule has 1 aliphatic heterocycles. The van der Waals surface area contributed by atoms with Gasteiger partial charge in [0.15, 0.2) is 0 Å². The fourth-order valence-corrected chi connectivity index (χ4v) is 4.36. The van der Waals surface area contributed by atoms with Crippen LogP contribution in [0.5, 0.6) is 0 Å². The first-order chi connectivity index (χ1) is 14.0. The Balaban J connectivity index is 1.51. The molecule has 0 saturated heterocycles. The molecule has 0 fully saturated rings. The lowest BCUT2D eigenvalue weighted by molar-refractivity contribution is 0.0990. The highest BCUT2D eigenvalue weighted by Gasteiger charge is 2.24. The zero-order valence-corrected chi connectivity index (χ0v) is 17.2. The number of nitrogens with one attached hydrogen (secondary N) is 2. The van der Waals surface area contributed by atoms with Crippen LogP contribution in [0.1, 0.15) is 15.9 Å². The maximum Gasteiger partial charge on any atom is 0.319 e. The van der Waals surface area contributed by atoms with Gasteiger partial charge in [0, 0.05) is 34.1 Å². The van der Waals surface area contributed by atoms with Gasteiger partial charge < -0.3 is 15.5 Å². The van der Waals surface area contributed by atoms with E-state index in [4.69, 9.17) is 11.6 Å². The van der Waals surface area contributed by atoms with Crippen LogP contribution in [0.4, 0.5) is 16.2 Å². The Morgan fingerprint density at radius 2 is 1.79 bits per heavy atom. The molecule has 0 unspecified atom stereocenters. The predicted octanol–water partition coefficient (Wildman–Crippen LogP) is 5.40. The van der Waals surface area contributed by atoms with E-state index in [1.807, 2.05) is 54.6 Å². The minimum absolute atomic E-state index is 0.0767. The van der Waals surface area contributed by atoms with Crippen LogP contribution in [-0.2, 0) is 6.54 Å². The van der Waals surface area contributed by atoms with Gasteiger partial charge in [-0.2, -0.15) is 0 Å². The number of hydrogen-bond acceptors (Lipinski definition) is 3. The quantitative estimate of drug-likeness (QED) is 0.592. The highest BCUT2D eigenvalue weighted by atomic mass is 35.5. The molecule has 0 aromatic heterocycles. The van der Waals surface area contributed by atoms with Gasteiger partial charge >= 0.3 is 6.03 Å². The fraction of sp³-hybridized carbons (Fsp3) is 0.0909. The first-order valence-corrected chi connectivity index (χ1v) is 10.2. The average molecular weight is 424 g/mol. The normalized spacial score (nSPS) is 12.6. The van der Waals surface area contributed by atoms with E-state index in [9.17, 15) is 9.59 Å². The van der Waals surface area contributed by atoms with Gasteiger partial charge in [-0.05, 0) is 42.0 Å². The summed E-state index contributed by atoms with van der Waals surface area (Å²) in [7, 11) is 1.74. The predicted molar refractivity (Wildman–Crippen MR) is 117 cm³/mol. The van der Waals surface area contributed by atoms with Crippen LogP contribution in [0, 0.1) is 0 Å². The van der Waals surface area contributed by atoms with Crippen LogP contribution in [0.3, 0.4) is 0 Å². The van der Waals surface area contributed by atoms with Crippen LogP contribution in [0.15, 0.2) is 76.5 Å². The van der Waals surface area contributed by atoms with E-state index in [0.717, 1.165) is 21.0 Å². The van der Waals surface area contributed by atoms with Gasteiger partial charge in [0.25, 0.3) is 5.91 Å². The number of carbonyl (C=O) groups excluding carboxylic acids is 2. The molecule has 1 aliphatic rings. The van der Waals surface area contributed by atoms with Crippen molar-refractivity contribution < 1.29 is 9.59 Å². The second-order valence-electron chi connectivity index (χ2n) is 6.54. The van der Waals surface area contributed by atoms with Crippen molar-refractivity contribution in [2.24, 2.45) is 0 Å². The number of rotatable bonds is 3. The molecule has 1 heterocycles. The molecule has 3 aromatic carbocycles. The second-order valence-corrected chi connectivity index (χ2v) is 8.03. The van der Waals surface area contributed by atoms with Crippen molar-refractivity contribution in [3.8, 4) is 0 Å². The molecular weight excluding hydrogens is 406 g/mol. The topological polar surface area (TPSA) is 61.4 Å². The Bertz CT molecular complexity index is 1100. The van der Waals surface area contributed by atoms with Crippen molar-refractivity contribution in [3.05, 3.63) is 82.9 Å². The van der Waals surface area contributed by atoms with Crippen LogP contribution < -0.4 is 15.5 Å². The lowest BCUT2D eigenvalue weighted by Crippen LogP contribution is -2.29. The number of fused-ring (bicyclic) bond motifs is 2. The smallest absolute Gasteiger partial charge is 0.319 e. The number of anilines is 2. The Morgan fingerprint density at radius 3 is 2.62 bits per heavy atom. The second kappa shape index (κ2) is 8.19. The van der Waals surface area contributed by atoms with Crippen molar-refractivity contribution in [2.75, 3.05) is 17.3 Å². The molecule has 0 atom stereocenters. The number of nitrogens with zero attached hydrogens (tertiary/aromatic N) is 1. The van der Waals surface area contributed by atoms with E-state index in [1.165, 1.54) is 0 Å². The lowest BCUT2D eigenvalue weighted by atomic mass is 10.2. The van der Waals surface area contributed by atoms with Crippen LogP contribution >= 0.6 is 23.4 Å². The molecule has 3 aromatic rings. The Morgan fingerprint density at radius 1 is 1.03 bits per heavy atom. The van der Waals surface area contributed by atoms with E-state index in [2.05, 4.69) is 10.6 Å². The van der Waals surface area contributed by atoms with E-state index in [1.54, 1.807) is 35.8 Å². The number of hydrogen-bond donors (Lipinski definition) is 2. The zero-order valence-electron chi connectivity index (χ0n) is 15.6. The Labute approximate surface area is 178 Å². The van der Waals surface area contributed by atoms with Crippen LogP contribution in [-0.4, -0.2) is 19.0 Å². The van der Waals surface area contributed by atoms with Gasteiger partial charge in [0.1, 0.15) is 0 Å². The summed E-state index contributed by atoms with van der Waals surface area (Å²) in [5, 5.41) is 6.22. The molecular formula is C22H18ClN3O2S. The van der Waals surface area contributed by atoms with Crippen molar-refractivity contribution in [3.63, 3.8) is 0 Å². The summed E-state index contributed by atoms with van der Waals surface area (Å²) in [6.45, 7) is 0.319. The largest absolute Gasteiger partial charge is 0.334 e. The third kappa shape index (κ3) is 4.09. The molecule has 0 aliphatic carbocycles. The summed E-state index contributed by atoms with van der Waals surface area (Å²) in [4.78, 5) is 28.6. The molecule has 2 N–H and O–H groups in total. The van der Waals surface area contributed by atoms with Gasteiger partial charge in [0.05, 0.1) is 11.3 Å². The lowest BCUT2D eigenvalue weighted by Gasteiger charge is -2.18. The third-order valence-corrected chi connectivity index (χ3v) is 6.13. The van der Waals surface area contributed by atoms with Crippen LogP contribution in [0.2, 0.25) is 5.02 Å². The fourth-order valence-electron chi connectivity index (χ4n) is 3.08. The van der Waals surface area contributed by atoms with Crippen molar-refractivity contribution >= 4 is 46.7 Å². The molecule has 3 amide bonds. The maximum atomic E-state index is 12.8. The molecule has 29 heavy (non-hydrogen) atoms. The standard InChI is InChI=1S/C22H18ClN3O2S/c1-26-18-12-15(25-22(28)24-13-14-6-2-4-8-17(14)23)10-11-20(18)29-19-9-5-3-7-16(19)21(26)27/h2-12H,13H2,1H3,(H2,24,25,28). The summed E-state index contributed by atoms with van der Waals surface area (Å²) in [5.41, 5.74) is 2.86. The van der Waals surface area contributed by atoms with Crippen molar-refractivity contribution in [2.45, 2.75) is 16.3 Å². The van der Waals surface area contributed by atoms with Crippen molar-refractivity contribution in [1.29, 1.82) is 0 Å². The number of urea groups is 1. The molecule has 0 bridgehead atoms. The highest BCUT2D eigenvalue weighted by molar-refractivity contribution is 7.99. The minimum atomic E-state index is -0.344. The molecule has 5 nitrogen and oxygen atoms in total. The zero-order chi connectivity index (χ0) is 20.4.